The van der Waals surface area contributed by atoms with E-state index >= 15 is 0 Å². The number of β-amino-alcohol motifs (C(OH)–C–C–N with tert-alkyl or cyclic N) is 1. The van der Waals surface area contributed by atoms with E-state index in [2.05, 4.69) is 10.2 Å². The fourth-order valence-corrected chi connectivity index (χ4v) is 2.36. The summed E-state index contributed by atoms with van der Waals surface area (Å²) in [5.74, 6) is 0.734. The van der Waals surface area contributed by atoms with Gasteiger partial charge in [0.1, 0.15) is 0 Å². The number of hydrogen-bond donors (Lipinski definition) is 2. The van der Waals surface area contributed by atoms with Gasteiger partial charge in [0.05, 0.1) is 6.10 Å². The molecular weight excluding hydrogens is 228 g/mol. The van der Waals surface area contributed by atoms with Crippen molar-refractivity contribution >= 4 is 5.91 Å². The number of hydrogen-bond acceptors (Lipinski definition) is 3. The molecule has 2 atom stereocenters. The topological polar surface area (TPSA) is 52.6 Å². The Kier molecular flexibility index (Phi) is 6.65. The van der Waals surface area contributed by atoms with Gasteiger partial charge in [-0.3, -0.25) is 4.79 Å². The SMILES string of the molecule is CCC(O)CN1CCCC(CNC(=O)C(C)C)C1. The van der Waals surface area contributed by atoms with Crippen LogP contribution in [0.4, 0.5) is 0 Å². The maximum Gasteiger partial charge on any atom is 0.222 e. The second-order valence-electron chi connectivity index (χ2n) is 5.73. The first-order valence-electron chi connectivity index (χ1n) is 7.21. The van der Waals surface area contributed by atoms with E-state index in [0.29, 0.717) is 5.92 Å². The molecule has 4 heteroatoms. The van der Waals surface area contributed by atoms with Gasteiger partial charge in [-0.25, -0.2) is 0 Å². The molecule has 0 aromatic carbocycles. The molecule has 0 aliphatic carbocycles. The molecule has 1 saturated heterocycles. The minimum absolute atomic E-state index is 0.0617. The van der Waals surface area contributed by atoms with Crippen LogP contribution in [0, 0.1) is 11.8 Å². The highest BCUT2D eigenvalue weighted by molar-refractivity contribution is 5.77. The van der Waals surface area contributed by atoms with E-state index in [-0.39, 0.29) is 17.9 Å². The molecule has 1 fully saturated rings. The fraction of sp³-hybridized carbons (Fsp3) is 0.929. The van der Waals surface area contributed by atoms with Crippen molar-refractivity contribution in [1.82, 2.24) is 10.2 Å². The Balaban J connectivity index is 2.28. The molecule has 1 heterocycles. The quantitative estimate of drug-likeness (QED) is 0.752. The number of rotatable bonds is 6. The van der Waals surface area contributed by atoms with Crippen LogP contribution in [0.25, 0.3) is 0 Å². The van der Waals surface area contributed by atoms with Crippen molar-refractivity contribution in [2.45, 2.75) is 46.1 Å². The standard InChI is InChI=1S/C14H28N2O2/c1-4-13(17)10-16-7-5-6-12(9-16)8-15-14(18)11(2)3/h11-13,17H,4-10H2,1-3H3,(H,15,18). The Hall–Kier alpha value is -0.610. The van der Waals surface area contributed by atoms with Crippen LogP contribution >= 0.6 is 0 Å². The maximum atomic E-state index is 11.5. The van der Waals surface area contributed by atoms with Crippen LogP contribution in [0.1, 0.15) is 40.0 Å². The Morgan fingerprint density at radius 3 is 2.83 bits per heavy atom. The van der Waals surface area contributed by atoms with Crippen LogP contribution in [0.15, 0.2) is 0 Å². The molecule has 1 aliphatic rings. The first-order chi connectivity index (χ1) is 8.52. The first kappa shape index (κ1) is 15.4. The second-order valence-corrected chi connectivity index (χ2v) is 5.73. The van der Waals surface area contributed by atoms with Crippen molar-refractivity contribution in [2.24, 2.45) is 11.8 Å². The number of nitrogens with one attached hydrogen (secondary N) is 1. The lowest BCUT2D eigenvalue weighted by Crippen LogP contribution is -2.44. The zero-order valence-electron chi connectivity index (χ0n) is 12.0. The van der Waals surface area contributed by atoms with Gasteiger partial charge in [0.2, 0.25) is 5.91 Å². The molecule has 4 nitrogen and oxygen atoms in total. The lowest BCUT2D eigenvalue weighted by molar-refractivity contribution is -0.124. The highest BCUT2D eigenvalue weighted by Gasteiger charge is 2.21. The van der Waals surface area contributed by atoms with Gasteiger partial charge in [0, 0.05) is 25.6 Å². The summed E-state index contributed by atoms with van der Waals surface area (Å²) in [7, 11) is 0. The van der Waals surface area contributed by atoms with E-state index < -0.39 is 0 Å². The molecule has 2 N–H and O–H groups in total. The predicted octanol–water partition coefficient (Wildman–Crippen LogP) is 1.24. The molecule has 0 aromatic rings. The zero-order chi connectivity index (χ0) is 13.5. The smallest absolute Gasteiger partial charge is 0.222 e. The normalized spacial score (nSPS) is 23.1. The predicted molar refractivity (Wildman–Crippen MR) is 73.3 cm³/mol. The van der Waals surface area contributed by atoms with Crippen LogP contribution in [-0.2, 0) is 4.79 Å². The summed E-state index contributed by atoms with van der Waals surface area (Å²) >= 11 is 0. The molecule has 18 heavy (non-hydrogen) atoms. The summed E-state index contributed by atoms with van der Waals surface area (Å²) < 4.78 is 0. The molecule has 0 spiro atoms. The Bertz CT molecular complexity index is 256. The van der Waals surface area contributed by atoms with Crippen molar-refractivity contribution in [3.63, 3.8) is 0 Å². The molecular formula is C14H28N2O2. The third kappa shape index (κ3) is 5.36. The monoisotopic (exact) mass is 256 g/mol. The van der Waals surface area contributed by atoms with Crippen LogP contribution in [-0.4, -0.2) is 48.2 Å². The summed E-state index contributed by atoms with van der Waals surface area (Å²) in [6.07, 6.45) is 2.94. The number of piperidine rings is 1. The van der Waals surface area contributed by atoms with Gasteiger partial charge in [0.15, 0.2) is 0 Å². The third-order valence-electron chi connectivity index (χ3n) is 3.63. The first-order valence-corrected chi connectivity index (χ1v) is 7.21. The minimum atomic E-state index is -0.214. The van der Waals surface area contributed by atoms with Crippen LogP contribution in [0.5, 0.6) is 0 Å². The van der Waals surface area contributed by atoms with Crippen molar-refractivity contribution in [1.29, 1.82) is 0 Å². The van der Waals surface area contributed by atoms with Gasteiger partial charge in [-0.15, -0.1) is 0 Å². The Morgan fingerprint density at radius 2 is 2.22 bits per heavy atom. The second kappa shape index (κ2) is 7.74. The third-order valence-corrected chi connectivity index (χ3v) is 3.63. The van der Waals surface area contributed by atoms with Gasteiger partial charge in [-0.2, -0.15) is 0 Å². The van der Waals surface area contributed by atoms with Gasteiger partial charge in [0.25, 0.3) is 0 Å². The van der Waals surface area contributed by atoms with Gasteiger partial charge in [-0.1, -0.05) is 20.8 Å². The highest BCUT2D eigenvalue weighted by atomic mass is 16.3. The number of aliphatic hydroxyl groups excluding tert-OH is 1. The molecule has 1 amide bonds. The molecule has 106 valence electrons. The summed E-state index contributed by atoms with van der Waals surface area (Å²) in [4.78, 5) is 13.8. The molecule has 1 rings (SSSR count). The van der Waals surface area contributed by atoms with Gasteiger partial charge >= 0.3 is 0 Å². The van der Waals surface area contributed by atoms with Crippen molar-refractivity contribution < 1.29 is 9.90 Å². The lowest BCUT2D eigenvalue weighted by Gasteiger charge is -2.34. The Labute approximate surface area is 111 Å². The summed E-state index contributed by atoms with van der Waals surface area (Å²) in [6, 6.07) is 0. The van der Waals surface area contributed by atoms with Gasteiger partial charge in [-0.05, 0) is 31.7 Å². The van der Waals surface area contributed by atoms with Crippen LogP contribution < -0.4 is 5.32 Å². The highest BCUT2D eigenvalue weighted by Crippen LogP contribution is 2.16. The van der Waals surface area contributed by atoms with Crippen molar-refractivity contribution in [2.75, 3.05) is 26.2 Å². The molecule has 0 aromatic heterocycles. The average Bonchev–Trinajstić information content (AvgIpc) is 2.36. The average molecular weight is 256 g/mol. The molecule has 1 aliphatic heterocycles. The van der Waals surface area contributed by atoms with E-state index in [0.717, 1.165) is 32.6 Å². The van der Waals surface area contributed by atoms with E-state index in [1.54, 1.807) is 0 Å². The number of aliphatic hydroxyl groups is 1. The van der Waals surface area contributed by atoms with E-state index in [9.17, 15) is 9.90 Å². The molecule has 2 unspecified atom stereocenters. The molecule has 0 radical (unpaired) electrons. The summed E-state index contributed by atoms with van der Waals surface area (Å²) in [6.45, 7) is 9.46. The van der Waals surface area contributed by atoms with Crippen molar-refractivity contribution in [3.05, 3.63) is 0 Å². The van der Waals surface area contributed by atoms with Crippen molar-refractivity contribution in [3.8, 4) is 0 Å². The van der Waals surface area contributed by atoms with Gasteiger partial charge < -0.3 is 15.3 Å². The fourth-order valence-electron chi connectivity index (χ4n) is 2.36. The number of carbonyl (C=O) groups is 1. The molecule has 0 bridgehead atoms. The zero-order valence-corrected chi connectivity index (χ0v) is 12.0. The number of amides is 1. The minimum Gasteiger partial charge on any atom is -0.392 e. The van der Waals surface area contributed by atoms with E-state index in [1.807, 2.05) is 20.8 Å². The maximum absolute atomic E-state index is 11.5. The van der Waals surface area contributed by atoms with Crippen LogP contribution in [0.2, 0.25) is 0 Å². The number of nitrogens with zero attached hydrogens (tertiary/aromatic N) is 1. The summed E-state index contributed by atoms with van der Waals surface area (Å²) in [5, 5.41) is 12.7. The largest absolute Gasteiger partial charge is 0.392 e. The van der Waals surface area contributed by atoms with E-state index in [1.165, 1.54) is 12.8 Å². The van der Waals surface area contributed by atoms with Crippen LogP contribution in [0.3, 0.4) is 0 Å². The Morgan fingerprint density at radius 1 is 1.50 bits per heavy atom. The number of carbonyl (C=O) groups excluding carboxylic acids is 1. The summed E-state index contributed by atoms with van der Waals surface area (Å²) in [5.41, 5.74) is 0. The lowest BCUT2D eigenvalue weighted by atomic mass is 9.97. The van der Waals surface area contributed by atoms with E-state index in [4.69, 9.17) is 0 Å². The number of likely N-dealkylation sites (tertiary alicyclic amines) is 1. The molecule has 0 saturated carbocycles.